The summed E-state index contributed by atoms with van der Waals surface area (Å²) in [5, 5.41) is 0.449. The number of rotatable bonds is 8. The molecule has 10 nitrogen and oxygen atoms in total. The average Bonchev–Trinajstić information content (AvgIpc) is 3.81. The second-order valence-corrected chi connectivity index (χ2v) is 15.7. The first-order chi connectivity index (χ1) is 18.4. The standard InChI is InChI=1S/C26H38ClN3O7S2/c1-4-21-15-29(38(3,32)33)18(2)14-28(21)25(31)37-26(11-12-26)24-17-36-16-22(13-19-5-6-19)30(24)39(34,35)23-9-7-20(27)8-10-23/h7-10,18-19,21-22,24H,4-6,11-17H2,1-3H3/t18-,21+,22?,24-/m1/s1. The fourth-order valence-corrected chi connectivity index (χ4v) is 9.15. The van der Waals surface area contributed by atoms with Crippen LogP contribution in [-0.2, 0) is 29.5 Å². The Morgan fingerprint density at radius 1 is 1.08 bits per heavy atom. The van der Waals surface area contributed by atoms with Crippen LogP contribution < -0.4 is 0 Å². The molecular formula is C26H38ClN3O7S2. The van der Waals surface area contributed by atoms with Crippen molar-refractivity contribution in [1.29, 1.82) is 0 Å². The molecule has 1 aromatic rings. The number of hydrogen-bond acceptors (Lipinski definition) is 7. The number of nitrogens with zero attached hydrogens (tertiary/aromatic N) is 3. The van der Waals surface area contributed by atoms with E-state index in [0.717, 1.165) is 12.8 Å². The molecule has 4 atom stereocenters. The SMILES string of the molecule is CC[C@H]1CN(S(C)(=O)=O)[C@H](C)CN1C(=O)OC1([C@H]2COCC(CC3CC3)N2S(=O)(=O)c2ccc(Cl)cc2)CC1. The molecular weight excluding hydrogens is 566 g/mol. The summed E-state index contributed by atoms with van der Waals surface area (Å²) in [7, 11) is -7.34. The van der Waals surface area contributed by atoms with Crippen LogP contribution in [0.25, 0.3) is 0 Å². The largest absolute Gasteiger partial charge is 0.441 e. The van der Waals surface area contributed by atoms with Crippen LogP contribution in [0.1, 0.15) is 52.4 Å². The molecule has 2 aliphatic carbocycles. The molecule has 0 aromatic heterocycles. The quantitative estimate of drug-likeness (QED) is 0.448. The van der Waals surface area contributed by atoms with Crippen LogP contribution in [0.3, 0.4) is 0 Å². The van der Waals surface area contributed by atoms with E-state index in [1.54, 1.807) is 28.3 Å². The summed E-state index contributed by atoms with van der Waals surface area (Å²) < 4.78 is 67.8. The third-order valence-corrected chi connectivity index (χ3v) is 12.1. The Morgan fingerprint density at radius 3 is 2.31 bits per heavy atom. The van der Waals surface area contributed by atoms with E-state index in [9.17, 15) is 21.6 Å². The van der Waals surface area contributed by atoms with Crippen LogP contribution in [-0.4, -0.2) is 98.8 Å². The number of piperazine rings is 1. The van der Waals surface area contributed by atoms with Crippen LogP contribution in [0.5, 0.6) is 0 Å². The molecule has 0 spiro atoms. The maximum atomic E-state index is 14.1. The number of amides is 1. The Labute approximate surface area is 236 Å². The van der Waals surface area contributed by atoms with Gasteiger partial charge in [0, 0.05) is 36.2 Å². The summed E-state index contributed by atoms with van der Waals surface area (Å²) in [5.41, 5.74) is -0.992. The molecule has 39 heavy (non-hydrogen) atoms. The number of halogens is 1. The van der Waals surface area contributed by atoms with Crippen molar-refractivity contribution in [2.75, 3.05) is 32.6 Å². The van der Waals surface area contributed by atoms with Crippen LogP contribution in [0.15, 0.2) is 29.2 Å². The van der Waals surface area contributed by atoms with Gasteiger partial charge in [0.15, 0.2) is 0 Å². The molecule has 1 aromatic carbocycles. The topological polar surface area (TPSA) is 114 Å². The summed E-state index contributed by atoms with van der Waals surface area (Å²) >= 11 is 6.04. The van der Waals surface area contributed by atoms with Crippen molar-refractivity contribution >= 4 is 37.7 Å². The molecule has 2 heterocycles. The molecule has 2 saturated carbocycles. The van der Waals surface area contributed by atoms with Gasteiger partial charge in [-0.3, -0.25) is 0 Å². The lowest BCUT2D eigenvalue weighted by Crippen LogP contribution is -2.63. The van der Waals surface area contributed by atoms with Gasteiger partial charge in [0.2, 0.25) is 20.0 Å². The van der Waals surface area contributed by atoms with E-state index in [1.807, 2.05) is 6.92 Å². The predicted octanol–water partition coefficient (Wildman–Crippen LogP) is 3.31. The minimum atomic E-state index is -3.93. The third-order valence-electron chi connectivity index (χ3n) is 8.50. The van der Waals surface area contributed by atoms with Gasteiger partial charge in [-0.2, -0.15) is 8.61 Å². The van der Waals surface area contributed by atoms with Gasteiger partial charge in [0.25, 0.3) is 0 Å². The van der Waals surface area contributed by atoms with E-state index in [-0.39, 0.29) is 36.7 Å². The van der Waals surface area contributed by atoms with Crippen LogP contribution in [0.2, 0.25) is 5.02 Å². The van der Waals surface area contributed by atoms with Crippen LogP contribution in [0.4, 0.5) is 4.79 Å². The highest BCUT2D eigenvalue weighted by Crippen LogP contribution is 2.49. The van der Waals surface area contributed by atoms with Crippen molar-refractivity contribution in [3.8, 4) is 0 Å². The number of morpholine rings is 1. The minimum Gasteiger partial charge on any atom is -0.441 e. The van der Waals surface area contributed by atoms with E-state index < -0.39 is 43.8 Å². The van der Waals surface area contributed by atoms with Gasteiger partial charge < -0.3 is 14.4 Å². The van der Waals surface area contributed by atoms with Gasteiger partial charge >= 0.3 is 6.09 Å². The summed E-state index contributed by atoms with van der Waals surface area (Å²) in [6.07, 6.45) is 5.13. The van der Waals surface area contributed by atoms with Gasteiger partial charge in [0.05, 0.1) is 30.4 Å². The first-order valence-corrected chi connectivity index (χ1v) is 17.4. The second kappa shape index (κ2) is 10.8. The van der Waals surface area contributed by atoms with Crippen molar-refractivity contribution in [1.82, 2.24) is 13.5 Å². The second-order valence-electron chi connectivity index (χ2n) is 11.5. The lowest BCUT2D eigenvalue weighted by Gasteiger charge is -2.46. The van der Waals surface area contributed by atoms with Crippen molar-refractivity contribution in [3.05, 3.63) is 29.3 Å². The number of benzene rings is 1. The molecule has 2 aliphatic heterocycles. The van der Waals surface area contributed by atoms with Crippen molar-refractivity contribution in [2.24, 2.45) is 5.92 Å². The van der Waals surface area contributed by atoms with E-state index >= 15 is 0 Å². The van der Waals surface area contributed by atoms with Crippen LogP contribution >= 0.6 is 11.6 Å². The average molecular weight is 604 g/mol. The summed E-state index contributed by atoms with van der Waals surface area (Å²) in [6.45, 7) is 4.53. The Hall–Kier alpha value is -1.44. The first-order valence-electron chi connectivity index (χ1n) is 13.7. The highest BCUT2D eigenvalue weighted by atomic mass is 35.5. The smallest absolute Gasteiger partial charge is 0.410 e. The fourth-order valence-electron chi connectivity index (χ4n) is 6.01. The molecule has 4 fully saturated rings. The lowest BCUT2D eigenvalue weighted by atomic mass is 10.0. The normalized spacial score (nSPS) is 30.2. The van der Waals surface area contributed by atoms with E-state index in [2.05, 4.69) is 0 Å². The zero-order chi connectivity index (χ0) is 28.2. The maximum Gasteiger partial charge on any atom is 0.410 e. The van der Waals surface area contributed by atoms with E-state index in [4.69, 9.17) is 21.1 Å². The van der Waals surface area contributed by atoms with Crippen molar-refractivity contribution in [3.63, 3.8) is 0 Å². The monoisotopic (exact) mass is 603 g/mol. The summed E-state index contributed by atoms with van der Waals surface area (Å²) in [6, 6.07) is 4.41. The van der Waals surface area contributed by atoms with E-state index in [1.165, 1.54) is 22.7 Å². The summed E-state index contributed by atoms with van der Waals surface area (Å²) in [4.78, 5) is 15.4. The molecule has 2 saturated heterocycles. The third kappa shape index (κ3) is 5.97. The number of carbonyl (C=O) groups is 1. The van der Waals surface area contributed by atoms with Gasteiger partial charge in [-0.25, -0.2) is 21.6 Å². The minimum absolute atomic E-state index is 0.136. The van der Waals surface area contributed by atoms with Crippen LogP contribution in [0, 0.1) is 5.92 Å². The Balaban J connectivity index is 1.41. The fraction of sp³-hybridized carbons (Fsp3) is 0.731. The molecule has 5 rings (SSSR count). The van der Waals surface area contributed by atoms with Gasteiger partial charge in [-0.1, -0.05) is 31.4 Å². The molecule has 1 amide bonds. The molecule has 1 unspecified atom stereocenters. The Bertz CT molecular complexity index is 1280. The van der Waals surface area contributed by atoms with Gasteiger partial charge in [0.1, 0.15) is 5.60 Å². The molecule has 0 bridgehead atoms. The van der Waals surface area contributed by atoms with E-state index in [0.29, 0.717) is 43.2 Å². The highest BCUT2D eigenvalue weighted by molar-refractivity contribution is 7.89. The zero-order valence-corrected chi connectivity index (χ0v) is 25.0. The zero-order valence-electron chi connectivity index (χ0n) is 22.7. The lowest BCUT2D eigenvalue weighted by molar-refractivity contribution is -0.0774. The summed E-state index contributed by atoms with van der Waals surface area (Å²) in [5.74, 6) is 0.468. The number of ether oxygens (including phenoxy) is 2. The van der Waals surface area contributed by atoms with Gasteiger partial charge in [-0.05, 0) is 62.8 Å². The maximum absolute atomic E-state index is 14.1. The van der Waals surface area contributed by atoms with Gasteiger partial charge in [-0.15, -0.1) is 0 Å². The number of carbonyl (C=O) groups excluding carboxylic acids is 1. The molecule has 4 aliphatic rings. The first kappa shape index (κ1) is 29.1. The van der Waals surface area contributed by atoms with Crippen molar-refractivity contribution < 1.29 is 31.1 Å². The van der Waals surface area contributed by atoms with Crippen molar-refractivity contribution in [2.45, 2.75) is 87.0 Å². The number of hydrogen-bond donors (Lipinski definition) is 0. The molecule has 218 valence electrons. The Morgan fingerprint density at radius 2 is 1.74 bits per heavy atom. The predicted molar refractivity (Wildman–Crippen MR) is 146 cm³/mol. The number of sulfonamides is 2. The molecule has 0 radical (unpaired) electrons. The molecule has 0 N–H and O–H groups in total. The Kier molecular flexibility index (Phi) is 8.02. The highest BCUT2D eigenvalue weighted by Gasteiger charge is 2.61. The molecule has 13 heteroatoms.